The Balaban J connectivity index is 2.33. The molecule has 0 aliphatic carbocycles. The van der Waals surface area contributed by atoms with E-state index < -0.39 is 41.2 Å². The molecule has 2 atom stereocenters. The smallest absolute Gasteiger partial charge is 0.337 e. The van der Waals surface area contributed by atoms with Gasteiger partial charge in [0, 0.05) is 17.3 Å². The number of cyclic esters (lactones) is 1. The van der Waals surface area contributed by atoms with Crippen LogP contribution in [0.15, 0.2) is 34.7 Å². The molecule has 0 amide bonds. The minimum absolute atomic E-state index is 0.0166. The van der Waals surface area contributed by atoms with E-state index >= 15 is 0 Å². The van der Waals surface area contributed by atoms with Gasteiger partial charge in [-0.1, -0.05) is 0 Å². The molecule has 138 valence electrons. The zero-order valence-corrected chi connectivity index (χ0v) is 14.3. The number of carbonyl (C=O) groups is 2. The number of halogens is 3. The molecule has 8 heteroatoms. The zero-order chi connectivity index (χ0) is 19.2. The van der Waals surface area contributed by atoms with Gasteiger partial charge < -0.3 is 14.8 Å². The van der Waals surface area contributed by atoms with Crippen LogP contribution in [-0.4, -0.2) is 25.7 Å². The molecule has 0 radical (unpaired) electrons. The van der Waals surface area contributed by atoms with Crippen molar-refractivity contribution < 1.29 is 32.2 Å². The third-order valence-corrected chi connectivity index (χ3v) is 4.45. The van der Waals surface area contributed by atoms with Crippen LogP contribution in [0.3, 0.4) is 0 Å². The van der Waals surface area contributed by atoms with E-state index in [1.165, 1.54) is 0 Å². The van der Waals surface area contributed by atoms with Gasteiger partial charge in [0.05, 0.1) is 29.9 Å². The average Bonchev–Trinajstić information content (AvgIpc) is 2.92. The van der Waals surface area contributed by atoms with Gasteiger partial charge in [-0.05, 0) is 25.5 Å². The Morgan fingerprint density at radius 2 is 2.08 bits per heavy atom. The first-order valence-electron chi connectivity index (χ1n) is 7.85. The minimum Gasteiger partial charge on any atom is -0.466 e. The monoisotopic (exact) mass is 367 g/mol. The van der Waals surface area contributed by atoms with Gasteiger partial charge in [-0.2, -0.15) is 0 Å². The van der Waals surface area contributed by atoms with Crippen molar-refractivity contribution in [3.8, 4) is 0 Å². The van der Waals surface area contributed by atoms with Gasteiger partial charge in [-0.3, -0.25) is 0 Å². The molecule has 2 aliphatic rings. The Kier molecular flexibility index (Phi) is 4.52. The molecule has 0 spiro atoms. The van der Waals surface area contributed by atoms with Crippen molar-refractivity contribution in [2.45, 2.75) is 25.9 Å². The first-order chi connectivity index (χ1) is 12.3. The SMILES string of the molecule is COC(=O)C1=C(C)NC2=C(C(=O)OC2)[C@@H]1c1cc(F)cc(F)c1[C@H](C)F. The second-order valence-electron chi connectivity index (χ2n) is 6.06. The highest BCUT2D eigenvalue weighted by atomic mass is 19.1. The second-order valence-corrected chi connectivity index (χ2v) is 6.06. The number of ether oxygens (including phenoxy) is 2. The Morgan fingerprint density at radius 3 is 2.69 bits per heavy atom. The Hall–Kier alpha value is -2.77. The van der Waals surface area contributed by atoms with E-state index in [9.17, 15) is 22.8 Å². The van der Waals surface area contributed by atoms with Gasteiger partial charge in [-0.25, -0.2) is 22.8 Å². The number of nitrogens with one attached hydrogen (secondary N) is 1. The predicted octanol–water partition coefficient (Wildman–Crippen LogP) is 2.94. The first-order valence-corrected chi connectivity index (χ1v) is 7.85. The summed E-state index contributed by atoms with van der Waals surface area (Å²) in [5, 5.41) is 2.88. The number of benzene rings is 1. The number of alkyl halides is 1. The number of esters is 2. The van der Waals surface area contributed by atoms with Crippen LogP contribution in [0, 0.1) is 11.6 Å². The summed E-state index contributed by atoms with van der Waals surface area (Å²) in [6.45, 7) is 2.58. The van der Waals surface area contributed by atoms with Crippen LogP contribution in [0.4, 0.5) is 13.2 Å². The topological polar surface area (TPSA) is 64.6 Å². The molecule has 0 saturated carbocycles. The molecule has 2 aliphatic heterocycles. The maximum absolute atomic E-state index is 14.3. The third kappa shape index (κ3) is 2.75. The summed E-state index contributed by atoms with van der Waals surface area (Å²) in [5.74, 6) is -4.78. The summed E-state index contributed by atoms with van der Waals surface area (Å²) in [7, 11) is 1.14. The maximum atomic E-state index is 14.3. The molecule has 0 unspecified atom stereocenters. The number of dihydropyridines is 1. The third-order valence-electron chi connectivity index (χ3n) is 4.45. The lowest BCUT2D eigenvalue weighted by Gasteiger charge is -2.29. The van der Waals surface area contributed by atoms with Crippen LogP contribution < -0.4 is 5.32 Å². The van der Waals surface area contributed by atoms with Crippen LogP contribution in [0.25, 0.3) is 0 Å². The van der Waals surface area contributed by atoms with Gasteiger partial charge in [-0.15, -0.1) is 0 Å². The average molecular weight is 367 g/mol. The van der Waals surface area contributed by atoms with Crippen LogP contribution in [0.2, 0.25) is 0 Å². The zero-order valence-electron chi connectivity index (χ0n) is 14.3. The van der Waals surface area contributed by atoms with Crippen molar-refractivity contribution in [3.63, 3.8) is 0 Å². The van der Waals surface area contributed by atoms with Crippen LogP contribution in [-0.2, 0) is 19.1 Å². The van der Waals surface area contributed by atoms with Crippen molar-refractivity contribution >= 4 is 11.9 Å². The van der Waals surface area contributed by atoms with E-state index in [1.807, 2.05) is 0 Å². The first kappa shape index (κ1) is 18.0. The highest BCUT2D eigenvalue weighted by Gasteiger charge is 2.43. The highest BCUT2D eigenvalue weighted by Crippen LogP contribution is 2.44. The van der Waals surface area contributed by atoms with E-state index in [0.29, 0.717) is 17.5 Å². The number of hydrogen-bond acceptors (Lipinski definition) is 5. The highest BCUT2D eigenvalue weighted by molar-refractivity contribution is 6.01. The summed E-state index contributed by atoms with van der Waals surface area (Å²) in [4.78, 5) is 24.6. The van der Waals surface area contributed by atoms with Crippen molar-refractivity contribution in [2.75, 3.05) is 13.7 Å². The van der Waals surface area contributed by atoms with Gasteiger partial charge in [0.2, 0.25) is 0 Å². The van der Waals surface area contributed by atoms with Crippen LogP contribution in [0.5, 0.6) is 0 Å². The molecule has 2 heterocycles. The fourth-order valence-electron chi connectivity index (χ4n) is 3.42. The van der Waals surface area contributed by atoms with Gasteiger partial charge in [0.25, 0.3) is 0 Å². The summed E-state index contributed by atoms with van der Waals surface area (Å²) in [6, 6.07) is 1.49. The molecule has 1 aromatic rings. The molecule has 1 N–H and O–H groups in total. The molecule has 5 nitrogen and oxygen atoms in total. The molecule has 0 saturated heterocycles. The Labute approximate surface area is 147 Å². The Bertz CT molecular complexity index is 873. The summed E-state index contributed by atoms with van der Waals surface area (Å²) < 4.78 is 52.1. The Morgan fingerprint density at radius 1 is 1.38 bits per heavy atom. The standard InChI is InChI=1S/C18H16F3NO4/c1-7(19)13-10(4-9(20)5-11(13)21)15-14(17(23)25-3)8(2)22-12-6-26-18(24)16(12)15/h4-5,7,15,22H,6H2,1-3H3/t7-,15+/m0/s1. The normalized spacial score (nSPS) is 20.5. The van der Waals surface area contributed by atoms with Crippen molar-refractivity contribution in [2.24, 2.45) is 0 Å². The van der Waals surface area contributed by atoms with E-state index in [2.05, 4.69) is 5.32 Å². The minimum atomic E-state index is -1.79. The summed E-state index contributed by atoms with van der Waals surface area (Å²) in [6.07, 6.45) is -1.79. The largest absolute Gasteiger partial charge is 0.466 e. The molecule has 1 aromatic carbocycles. The number of methoxy groups -OCH3 is 1. The molecule has 26 heavy (non-hydrogen) atoms. The van der Waals surface area contributed by atoms with E-state index in [4.69, 9.17) is 9.47 Å². The fourth-order valence-corrected chi connectivity index (χ4v) is 3.42. The lowest BCUT2D eigenvalue weighted by Crippen LogP contribution is -2.30. The van der Waals surface area contributed by atoms with E-state index in [1.54, 1.807) is 6.92 Å². The van der Waals surface area contributed by atoms with Crippen LogP contribution >= 0.6 is 0 Å². The maximum Gasteiger partial charge on any atom is 0.337 e. The number of carbonyl (C=O) groups excluding carboxylic acids is 2. The fraction of sp³-hybridized carbons (Fsp3) is 0.333. The second kappa shape index (κ2) is 6.51. The van der Waals surface area contributed by atoms with Gasteiger partial charge in [0.15, 0.2) is 0 Å². The van der Waals surface area contributed by atoms with E-state index in [-0.39, 0.29) is 23.3 Å². The predicted molar refractivity (Wildman–Crippen MR) is 84.5 cm³/mol. The van der Waals surface area contributed by atoms with Crippen molar-refractivity contribution in [1.82, 2.24) is 5.32 Å². The number of allylic oxidation sites excluding steroid dienone is 1. The molecular weight excluding hydrogens is 351 g/mol. The summed E-state index contributed by atoms with van der Waals surface area (Å²) in [5.41, 5.74) is 0.123. The lowest BCUT2D eigenvalue weighted by atomic mass is 9.78. The van der Waals surface area contributed by atoms with E-state index in [0.717, 1.165) is 20.1 Å². The van der Waals surface area contributed by atoms with Gasteiger partial charge in [0.1, 0.15) is 24.4 Å². The summed E-state index contributed by atoms with van der Waals surface area (Å²) >= 11 is 0. The van der Waals surface area contributed by atoms with Crippen LogP contribution in [0.1, 0.15) is 37.1 Å². The molecule has 0 aromatic heterocycles. The quantitative estimate of drug-likeness (QED) is 0.833. The van der Waals surface area contributed by atoms with Crippen molar-refractivity contribution in [3.05, 3.63) is 57.4 Å². The number of rotatable bonds is 3. The molecule has 0 bridgehead atoms. The van der Waals surface area contributed by atoms with Crippen molar-refractivity contribution in [1.29, 1.82) is 0 Å². The molecule has 3 rings (SSSR count). The molecular formula is C18H16F3NO4. The molecule has 0 fully saturated rings. The van der Waals surface area contributed by atoms with Gasteiger partial charge >= 0.3 is 11.9 Å². The number of hydrogen-bond donors (Lipinski definition) is 1. The lowest BCUT2D eigenvalue weighted by molar-refractivity contribution is -0.136.